The summed E-state index contributed by atoms with van der Waals surface area (Å²) in [7, 11) is 1.65. The summed E-state index contributed by atoms with van der Waals surface area (Å²) in [6.45, 7) is 8.93. The molecule has 0 spiro atoms. The molecule has 2 atom stereocenters. The average Bonchev–Trinajstić information content (AvgIpc) is 3.39. The number of methoxy groups -OCH3 is 1. The molecule has 0 bridgehead atoms. The van der Waals surface area contributed by atoms with Crippen LogP contribution < -0.4 is 15.5 Å². The van der Waals surface area contributed by atoms with Gasteiger partial charge in [-0.05, 0) is 32.9 Å². The number of nitrogens with one attached hydrogen (secondary N) is 2. The van der Waals surface area contributed by atoms with E-state index in [1.165, 1.54) is 6.07 Å². The number of benzene rings is 1. The Morgan fingerprint density at radius 3 is 2.74 bits per heavy atom. The van der Waals surface area contributed by atoms with Crippen LogP contribution in [-0.2, 0) is 11.3 Å². The van der Waals surface area contributed by atoms with Crippen LogP contribution in [0.15, 0.2) is 36.8 Å². The zero-order valence-corrected chi connectivity index (χ0v) is 20.4. The fraction of sp³-hybridized carbons (Fsp3) is 0.400. The molecule has 0 aliphatic carbocycles. The van der Waals surface area contributed by atoms with E-state index in [1.54, 1.807) is 36.9 Å². The second-order valence-electron chi connectivity index (χ2n) is 9.30. The molecule has 184 valence electrons. The number of nitrogens with zero attached hydrogens (tertiary/aromatic N) is 5. The van der Waals surface area contributed by atoms with Crippen molar-refractivity contribution in [1.29, 1.82) is 0 Å². The lowest BCUT2D eigenvalue weighted by atomic mass is 10.1. The van der Waals surface area contributed by atoms with Crippen molar-refractivity contribution < 1.29 is 13.9 Å². The van der Waals surface area contributed by atoms with Crippen molar-refractivity contribution >= 4 is 33.8 Å². The van der Waals surface area contributed by atoms with Crippen molar-refractivity contribution in [1.82, 2.24) is 24.5 Å². The molecule has 10 heteroatoms. The lowest BCUT2D eigenvalue weighted by molar-refractivity contribution is 0.102. The van der Waals surface area contributed by atoms with E-state index >= 15 is 0 Å². The highest BCUT2D eigenvalue weighted by Crippen LogP contribution is 2.31. The number of imidazole rings is 1. The van der Waals surface area contributed by atoms with Crippen molar-refractivity contribution in [3.05, 3.63) is 53.9 Å². The Bertz CT molecular complexity index is 1390. The minimum absolute atomic E-state index is 0.226. The van der Waals surface area contributed by atoms with Crippen LogP contribution in [0, 0.1) is 12.7 Å². The molecular formula is C25H30FN7O2. The maximum atomic E-state index is 14.5. The standard InChI is InChI=1S/C25H30FN7O2/c1-15-10-31(11-16(2)27-15)22-6-5-19(23-20(22)14-33(30-23)7-8-35-4)25(34)29-18-9-21(26)24-28-17(3)12-32(24)13-18/h5-6,9,12-16,27H,7-8,10-11H2,1-4H3,(H,29,34)/t15-,16-/m0/s1. The lowest BCUT2D eigenvalue weighted by Gasteiger charge is -2.38. The van der Waals surface area contributed by atoms with Crippen molar-refractivity contribution in [2.75, 3.05) is 37.0 Å². The van der Waals surface area contributed by atoms with Gasteiger partial charge >= 0.3 is 0 Å². The number of amides is 1. The molecule has 0 radical (unpaired) electrons. The minimum atomic E-state index is -0.498. The fourth-order valence-corrected chi connectivity index (χ4v) is 4.87. The number of hydrogen-bond donors (Lipinski definition) is 2. The quantitative estimate of drug-likeness (QED) is 0.442. The Morgan fingerprint density at radius 1 is 1.23 bits per heavy atom. The van der Waals surface area contributed by atoms with Gasteiger partial charge in [-0.25, -0.2) is 9.37 Å². The fourth-order valence-electron chi connectivity index (χ4n) is 4.87. The molecule has 1 aromatic carbocycles. The number of hydrogen-bond acceptors (Lipinski definition) is 6. The molecule has 9 nitrogen and oxygen atoms in total. The summed E-state index contributed by atoms with van der Waals surface area (Å²) in [5.41, 5.74) is 3.35. The Kier molecular flexibility index (Phi) is 6.16. The van der Waals surface area contributed by atoms with E-state index in [0.29, 0.717) is 47.7 Å². The number of pyridine rings is 1. The maximum Gasteiger partial charge on any atom is 0.257 e. The Labute approximate surface area is 202 Å². The largest absolute Gasteiger partial charge is 0.383 e. The van der Waals surface area contributed by atoms with Crippen LogP contribution in [0.1, 0.15) is 29.9 Å². The van der Waals surface area contributed by atoms with E-state index in [-0.39, 0.29) is 11.6 Å². The number of fused-ring (bicyclic) bond motifs is 2. The highest BCUT2D eigenvalue weighted by Gasteiger charge is 2.25. The molecule has 5 rings (SSSR count). The van der Waals surface area contributed by atoms with Crippen molar-refractivity contribution in [3.8, 4) is 0 Å². The highest BCUT2D eigenvalue weighted by molar-refractivity contribution is 6.13. The Morgan fingerprint density at radius 2 is 2.00 bits per heavy atom. The summed E-state index contributed by atoms with van der Waals surface area (Å²) in [5.74, 6) is -0.849. The van der Waals surface area contributed by atoms with E-state index in [1.807, 2.05) is 16.9 Å². The number of piperazine rings is 1. The lowest BCUT2D eigenvalue weighted by Crippen LogP contribution is -2.54. The Balaban J connectivity index is 1.52. The number of ether oxygens (including phenoxy) is 1. The molecule has 4 aromatic rings. The Hall–Kier alpha value is -3.50. The molecular weight excluding hydrogens is 449 g/mol. The number of halogens is 1. The van der Waals surface area contributed by atoms with E-state index in [9.17, 15) is 9.18 Å². The number of aromatic nitrogens is 4. The van der Waals surface area contributed by atoms with Gasteiger partial charge in [0.05, 0.1) is 30.1 Å². The van der Waals surface area contributed by atoms with Gasteiger partial charge in [-0.2, -0.15) is 5.10 Å². The monoisotopic (exact) mass is 479 g/mol. The van der Waals surface area contributed by atoms with Crippen molar-refractivity contribution in [3.63, 3.8) is 0 Å². The predicted octanol–water partition coefficient (Wildman–Crippen LogP) is 3.22. The van der Waals surface area contributed by atoms with Crippen LogP contribution in [-0.4, -0.2) is 64.0 Å². The van der Waals surface area contributed by atoms with E-state index in [2.05, 4.69) is 34.4 Å². The first-order valence-corrected chi connectivity index (χ1v) is 11.8. The van der Waals surface area contributed by atoms with Gasteiger partial charge in [0, 0.05) is 68.0 Å². The summed E-state index contributed by atoms with van der Waals surface area (Å²) in [6, 6.07) is 5.75. The van der Waals surface area contributed by atoms with Gasteiger partial charge in [-0.1, -0.05) is 0 Å². The SMILES string of the molecule is COCCn1cc2c(N3C[C@H](C)N[C@@H](C)C3)ccc(C(=O)Nc3cc(F)c4nc(C)cn4c3)c2n1. The van der Waals surface area contributed by atoms with Crippen LogP contribution in [0.4, 0.5) is 15.8 Å². The zero-order chi connectivity index (χ0) is 24.7. The molecule has 1 amide bonds. The highest BCUT2D eigenvalue weighted by atomic mass is 19.1. The summed E-state index contributed by atoms with van der Waals surface area (Å²) in [6.07, 6.45) is 5.34. The smallest absolute Gasteiger partial charge is 0.257 e. The molecule has 1 aliphatic rings. The van der Waals surface area contributed by atoms with Gasteiger partial charge in [0.15, 0.2) is 11.5 Å². The predicted molar refractivity (Wildman–Crippen MR) is 134 cm³/mol. The average molecular weight is 480 g/mol. The second-order valence-corrected chi connectivity index (χ2v) is 9.30. The molecule has 0 saturated carbocycles. The van der Waals surface area contributed by atoms with Crippen LogP contribution >= 0.6 is 0 Å². The number of aryl methyl sites for hydroxylation is 1. The summed E-state index contributed by atoms with van der Waals surface area (Å²) >= 11 is 0. The van der Waals surface area contributed by atoms with E-state index in [4.69, 9.17) is 9.84 Å². The third-order valence-electron chi connectivity index (χ3n) is 6.25. The second kappa shape index (κ2) is 9.27. The molecule has 0 unspecified atom stereocenters. The van der Waals surface area contributed by atoms with E-state index in [0.717, 1.165) is 24.2 Å². The molecule has 4 heterocycles. The number of carbonyl (C=O) groups is 1. The van der Waals surface area contributed by atoms with E-state index < -0.39 is 5.82 Å². The van der Waals surface area contributed by atoms with Gasteiger partial charge < -0.3 is 24.7 Å². The molecule has 3 aromatic heterocycles. The minimum Gasteiger partial charge on any atom is -0.383 e. The first kappa shape index (κ1) is 23.3. The van der Waals surface area contributed by atoms with Gasteiger partial charge in [0.25, 0.3) is 5.91 Å². The summed E-state index contributed by atoms with van der Waals surface area (Å²) in [4.78, 5) is 19.8. The number of rotatable bonds is 6. The van der Waals surface area contributed by atoms with Gasteiger partial charge in [0.1, 0.15) is 5.52 Å². The van der Waals surface area contributed by atoms with Crippen LogP contribution in [0.3, 0.4) is 0 Å². The third-order valence-corrected chi connectivity index (χ3v) is 6.25. The van der Waals surface area contributed by atoms with Crippen LogP contribution in [0.5, 0.6) is 0 Å². The van der Waals surface area contributed by atoms with Crippen molar-refractivity contribution in [2.45, 2.75) is 39.4 Å². The molecule has 1 saturated heterocycles. The number of carbonyl (C=O) groups excluding carboxylic acids is 1. The van der Waals surface area contributed by atoms with Crippen LogP contribution in [0.2, 0.25) is 0 Å². The maximum absolute atomic E-state index is 14.5. The third kappa shape index (κ3) is 4.59. The first-order valence-electron chi connectivity index (χ1n) is 11.8. The summed E-state index contributed by atoms with van der Waals surface area (Å²) < 4.78 is 23.1. The molecule has 35 heavy (non-hydrogen) atoms. The molecule has 1 aliphatic heterocycles. The van der Waals surface area contributed by atoms with Crippen molar-refractivity contribution in [2.24, 2.45) is 0 Å². The topological polar surface area (TPSA) is 88.7 Å². The van der Waals surface area contributed by atoms with Gasteiger partial charge in [0.2, 0.25) is 0 Å². The van der Waals surface area contributed by atoms with Gasteiger partial charge in [-0.3, -0.25) is 9.48 Å². The normalized spacial score (nSPS) is 18.5. The molecule has 1 fully saturated rings. The summed E-state index contributed by atoms with van der Waals surface area (Å²) in [5, 5.41) is 12.0. The number of anilines is 2. The van der Waals surface area contributed by atoms with Gasteiger partial charge in [-0.15, -0.1) is 0 Å². The molecule has 2 N–H and O–H groups in total. The zero-order valence-electron chi connectivity index (χ0n) is 20.4. The van der Waals surface area contributed by atoms with Crippen LogP contribution in [0.25, 0.3) is 16.6 Å². The first-order chi connectivity index (χ1) is 16.8.